The molecule has 0 spiro atoms. The lowest BCUT2D eigenvalue weighted by Crippen LogP contribution is -2.33. The van der Waals surface area contributed by atoms with Crippen LogP contribution < -0.4 is 10.6 Å². The third-order valence-corrected chi connectivity index (χ3v) is 5.13. The zero-order chi connectivity index (χ0) is 19.2. The Hall–Kier alpha value is -2.75. The van der Waals surface area contributed by atoms with E-state index in [1.54, 1.807) is 24.3 Å². The lowest BCUT2D eigenvalue weighted by Gasteiger charge is -2.14. The Bertz CT molecular complexity index is 884. The third kappa shape index (κ3) is 4.88. The topological polar surface area (TPSA) is 105 Å². The van der Waals surface area contributed by atoms with E-state index in [2.05, 4.69) is 10.6 Å². The van der Waals surface area contributed by atoms with Gasteiger partial charge < -0.3 is 10.6 Å². The molecule has 0 fully saturated rings. The fourth-order valence-electron chi connectivity index (χ4n) is 2.03. The van der Waals surface area contributed by atoms with Crippen molar-refractivity contribution in [3.8, 4) is 0 Å². The van der Waals surface area contributed by atoms with Gasteiger partial charge in [0.15, 0.2) is 0 Å². The molecule has 2 rings (SSSR count). The van der Waals surface area contributed by atoms with E-state index < -0.39 is 21.8 Å². The Labute approximate surface area is 151 Å². The molecule has 2 aromatic carbocycles. The standard InChI is InChI=1S/C17H19N3O5S/c1-20(25-2)26(23,24)15-10-6-7-13(11-15)17(22)18-12-16(21)19-14-8-4-3-5-9-14/h3-11H,12H2,1-2H3,(H,18,22)(H,19,21). The van der Waals surface area contributed by atoms with E-state index in [1.807, 2.05) is 6.07 Å². The van der Waals surface area contributed by atoms with Crippen LogP contribution in [0.25, 0.3) is 0 Å². The normalized spacial score (nSPS) is 11.2. The Kier molecular flexibility index (Phi) is 6.45. The predicted octanol–water partition coefficient (Wildman–Crippen LogP) is 1.24. The molecular formula is C17H19N3O5S. The number of nitrogens with zero attached hydrogens (tertiary/aromatic N) is 1. The first kappa shape index (κ1) is 19.6. The van der Waals surface area contributed by atoms with Crippen molar-refractivity contribution in [2.75, 3.05) is 26.0 Å². The molecule has 2 N–H and O–H groups in total. The van der Waals surface area contributed by atoms with Gasteiger partial charge in [-0.05, 0) is 30.3 Å². The number of carbonyl (C=O) groups excluding carboxylic acids is 2. The number of para-hydroxylation sites is 1. The van der Waals surface area contributed by atoms with Gasteiger partial charge in [-0.2, -0.15) is 0 Å². The molecule has 0 radical (unpaired) electrons. The van der Waals surface area contributed by atoms with Gasteiger partial charge in [0, 0.05) is 18.3 Å². The second kappa shape index (κ2) is 8.56. The molecule has 0 aromatic heterocycles. The summed E-state index contributed by atoms with van der Waals surface area (Å²) in [6, 6.07) is 14.3. The summed E-state index contributed by atoms with van der Waals surface area (Å²) in [5.74, 6) is -0.960. The molecule has 26 heavy (non-hydrogen) atoms. The van der Waals surface area contributed by atoms with Crippen LogP contribution in [0, 0.1) is 0 Å². The molecule has 138 valence electrons. The van der Waals surface area contributed by atoms with Gasteiger partial charge in [0.2, 0.25) is 5.91 Å². The first-order chi connectivity index (χ1) is 12.3. The van der Waals surface area contributed by atoms with E-state index in [0.29, 0.717) is 10.2 Å². The van der Waals surface area contributed by atoms with Crippen molar-refractivity contribution in [3.05, 3.63) is 60.2 Å². The maximum atomic E-state index is 12.2. The van der Waals surface area contributed by atoms with Gasteiger partial charge in [0.05, 0.1) is 18.6 Å². The summed E-state index contributed by atoms with van der Waals surface area (Å²) in [4.78, 5) is 28.6. The summed E-state index contributed by atoms with van der Waals surface area (Å²) >= 11 is 0. The van der Waals surface area contributed by atoms with Gasteiger partial charge in [-0.1, -0.05) is 28.7 Å². The van der Waals surface area contributed by atoms with Crippen molar-refractivity contribution in [1.29, 1.82) is 0 Å². The Morgan fingerprint density at radius 1 is 1.08 bits per heavy atom. The number of nitrogens with one attached hydrogen (secondary N) is 2. The highest BCUT2D eigenvalue weighted by Crippen LogP contribution is 2.16. The van der Waals surface area contributed by atoms with Crippen molar-refractivity contribution < 1.29 is 22.8 Å². The van der Waals surface area contributed by atoms with Crippen LogP contribution in [0.1, 0.15) is 10.4 Å². The van der Waals surface area contributed by atoms with Crippen LogP contribution in [0.2, 0.25) is 0 Å². The van der Waals surface area contributed by atoms with E-state index in [1.165, 1.54) is 38.4 Å². The average molecular weight is 377 g/mol. The number of amides is 2. The predicted molar refractivity (Wildman–Crippen MR) is 95.8 cm³/mol. The SMILES string of the molecule is CON(C)S(=O)(=O)c1cccc(C(=O)NCC(=O)Nc2ccccc2)c1. The van der Waals surface area contributed by atoms with Gasteiger partial charge in [0.1, 0.15) is 0 Å². The minimum Gasteiger partial charge on any atom is -0.343 e. The van der Waals surface area contributed by atoms with Crippen molar-refractivity contribution >= 4 is 27.5 Å². The molecular weight excluding hydrogens is 358 g/mol. The number of rotatable bonds is 7. The van der Waals surface area contributed by atoms with E-state index in [4.69, 9.17) is 4.84 Å². The zero-order valence-electron chi connectivity index (χ0n) is 14.3. The number of benzene rings is 2. The molecule has 9 heteroatoms. The molecule has 0 saturated heterocycles. The maximum Gasteiger partial charge on any atom is 0.264 e. The van der Waals surface area contributed by atoms with Crippen molar-refractivity contribution in [3.63, 3.8) is 0 Å². The molecule has 0 heterocycles. The van der Waals surface area contributed by atoms with Crippen LogP contribution in [-0.4, -0.2) is 45.4 Å². The van der Waals surface area contributed by atoms with Crippen LogP contribution in [0.5, 0.6) is 0 Å². The summed E-state index contributed by atoms with van der Waals surface area (Å²) in [5, 5.41) is 5.08. The smallest absolute Gasteiger partial charge is 0.264 e. The number of hydroxylamine groups is 1. The first-order valence-electron chi connectivity index (χ1n) is 7.61. The van der Waals surface area contributed by atoms with Gasteiger partial charge in [0.25, 0.3) is 15.9 Å². The second-order valence-electron chi connectivity index (χ2n) is 5.22. The lowest BCUT2D eigenvalue weighted by atomic mass is 10.2. The number of hydrogen-bond acceptors (Lipinski definition) is 5. The molecule has 0 aliphatic carbocycles. The van der Waals surface area contributed by atoms with Crippen molar-refractivity contribution in [2.45, 2.75) is 4.90 Å². The molecule has 8 nitrogen and oxygen atoms in total. The van der Waals surface area contributed by atoms with Crippen molar-refractivity contribution in [1.82, 2.24) is 9.79 Å². The molecule has 0 bridgehead atoms. The molecule has 2 amide bonds. The van der Waals surface area contributed by atoms with E-state index >= 15 is 0 Å². The Morgan fingerprint density at radius 3 is 2.42 bits per heavy atom. The molecule has 0 aliphatic heterocycles. The van der Waals surface area contributed by atoms with Crippen LogP contribution >= 0.6 is 0 Å². The van der Waals surface area contributed by atoms with Gasteiger partial charge in [-0.25, -0.2) is 8.42 Å². The summed E-state index contributed by atoms with van der Waals surface area (Å²) in [6.45, 7) is -0.247. The van der Waals surface area contributed by atoms with Crippen LogP contribution in [-0.2, 0) is 19.7 Å². The Balaban J connectivity index is 2.02. The minimum atomic E-state index is -3.87. The van der Waals surface area contributed by atoms with Crippen LogP contribution in [0.4, 0.5) is 5.69 Å². The molecule has 0 unspecified atom stereocenters. The average Bonchev–Trinajstić information content (AvgIpc) is 2.66. The number of hydrogen-bond donors (Lipinski definition) is 2. The van der Waals surface area contributed by atoms with Gasteiger partial charge in [-0.3, -0.25) is 14.4 Å². The van der Waals surface area contributed by atoms with Crippen LogP contribution in [0.3, 0.4) is 0 Å². The summed E-state index contributed by atoms with van der Waals surface area (Å²) in [6.07, 6.45) is 0. The monoisotopic (exact) mass is 377 g/mol. The summed E-state index contributed by atoms with van der Waals surface area (Å²) in [5.41, 5.74) is 0.727. The fourth-order valence-corrected chi connectivity index (χ4v) is 3.05. The van der Waals surface area contributed by atoms with E-state index in [0.717, 1.165) is 0 Å². The quantitative estimate of drug-likeness (QED) is 0.707. The highest BCUT2D eigenvalue weighted by Gasteiger charge is 2.22. The van der Waals surface area contributed by atoms with Gasteiger partial charge >= 0.3 is 0 Å². The highest BCUT2D eigenvalue weighted by molar-refractivity contribution is 7.89. The summed E-state index contributed by atoms with van der Waals surface area (Å²) in [7, 11) is -1.40. The third-order valence-electron chi connectivity index (χ3n) is 3.46. The highest BCUT2D eigenvalue weighted by atomic mass is 32.2. The van der Waals surface area contributed by atoms with E-state index in [9.17, 15) is 18.0 Å². The van der Waals surface area contributed by atoms with Crippen molar-refractivity contribution in [2.24, 2.45) is 0 Å². The molecule has 2 aromatic rings. The largest absolute Gasteiger partial charge is 0.343 e. The van der Waals surface area contributed by atoms with Gasteiger partial charge in [-0.15, -0.1) is 0 Å². The fraction of sp³-hybridized carbons (Fsp3) is 0.176. The Morgan fingerprint density at radius 2 is 1.77 bits per heavy atom. The minimum absolute atomic E-state index is 0.0942. The first-order valence-corrected chi connectivity index (χ1v) is 9.05. The zero-order valence-corrected chi connectivity index (χ0v) is 15.1. The molecule has 0 saturated carbocycles. The summed E-state index contributed by atoms with van der Waals surface area (Å²) < 4.78 is 25.1. The number of carbonyl (C=O) groups is 2. The maximum absolute atomic E-state index is 12.2. The second-order valence-corrected chi connectivity index (χ2v) is 7.16. The molecule has 0 atom stereocenters. The number of anilines is 1. The van der Waals surface area contributed by atoms with E-state index in [-0.39, 0.29) is 17.0 Å². The molecule has 0 aliphatic rings. The lowest BCUT2D eigenvalue weighted by molar-refractivity contribution is -0.115. The van der Waals surface area contributed by atoms with Crippen LogP contribution in [0.15, 0.2) is 59.5 Å². The number of sulfonamides is 1.